The molecule has 0 aliphatic carbocycles. The summed E-state index contributed by atoms with van der Waals surface area (Å²) in [5.41, 5.74) is 0.873. The van der Waals surface area contributed by atoms with Gasteiger partial charge in [0.25, 0.3) is 5.91 Å². The summed E-state index contributed by atoms with van der Waals surface area (Å²) < 4.78 is 11.1. The number of carbonyl (C=O) groups is 2. The Morgan fingerprint density at radius 3 is 2.79 bits per heavy atom. The molecule has 1 amide bonds. The molecular weight excluding hydrogens is 414 g/mol. The lowest BCUT2D eigenvalue weighted by molar-refractivity contribution is -0.141. The molecule has 0 radical (unpaired) electrons. The second-order valence-corrected chi connectivity index (χ2v) is 7.44. The van der Waals surface area contributed by atoms with E-state index in [-0.39, 0.29) is 18.3 Å². The summed E-state index contributed by atoms with van der Waals surface area (Å²) in [6.45, 7) is 0.406. The summed E-state index contributed by atoms with van der Waals surface area (Å²) in [6.07, 6.45) is 2.57. The van der Waals surface area contributed by atoms with Crippen LogP contribution in [-0.2, 0) is 14.3 Å². The number of nitrogens with zero attached hydrogens (tertiary/aromatic N) is 1. The van der Waals surface area contributed by atoms with Crippen LogP contribution in [0.25, 0.3) is 6.08 Å². The highest BCUT2D eigenvalue weighted by atomic mass is 79.9. The van der Waals surface area contributed by atoms with E-state index in [1.54, 1.807) is 13.2 Å². The van der Waals surface area contributed by atoms with E-state index >= 15 is 0 Å². The van der Waals surface area contributed by atoms with Crippen LogP contribution in [0.1, 0.15) is 18.4 Å². The molecule has 2 rings (SSSR count). The Balaban J connectivity index is 2.07. The zero-order chi connectivity index (χ0) is 17.7. The monoisotopic (exact) mass is 429 g/mol. The largest absolute Gasteiger partial charge is 0.496 e. The Kier molecular flexibility index (Phi) is 6.82. The highest BCUT2D eigenvalue weighted by Crippen LogP contribution is 2.34. The van der Waals surface area contributed by atoms with Crippen molar-refractivity contribution in [2.45, 2.75) is 12.8 Å². The molecule has 1 aromatic carbocycles. The van der Waals surface area contributed by atoms with E-state index in [0.717, 1.165) is 15.8 Å². The lowest BCUT2D eigenvalue weighted by atomic mass is 10.2. The van der Waals surface area contributed by atoms with Crippen LogP contribution in [0.5, 0.6) is 5.75 Å². The fraction of sp³-hybridized carbons (Fsp3) is 0.312. The van der Waals surface area contributed by atoms with Crippen molar-refractivity contribution in [3.63, 3.8) is 0 Å². The fourth-order valence-corrected chi connectivity index (χ4v) is 3.97. The number of halogens is 1. The number of rotatable bonds is 6. The third-order valence-electron chi connectivity index (χ3n) is 3.34. The Labute approximate surface area is 158 Å². The van der Waals surface area contributed by atoms with Crippen LogP contribution in [0.2, 0.25) is 0 Å². The average molecular weight is 430 g/mol. The number of hydrogen-bond acceptors (Lipinski definition) is 6. The van der Waals surface area contributed by atoms with Gasteiger partial charge in [-0.15, -0.1) is 0 Å². The molecule has 1 aromatic rings. The predicted octanol–water partition coefficient (Wildman–Crippen LogP) is 3.61. The van der Waals surface area contributed by atoms with E-state index in [9.17, 15) is 9.59 Å². The number of hydrogen-bond donors (Lipinski definition) is 0. The molecule has 0 aromatic heterocycles. The molecule has 24 heavy (non-hydrogen) atoms. The maximum absolute atomic E-state index is 12.5. The first-order valence-corrected chi connectivity index (χ1v) is 9.13. The molecule has 128 valence electrons. The molecule has 5 nitrogen and oxygen atoms in total. The first kappa shape index (κ1) is 19.0. The third-order valence-corrected chi connectivity index (χ3v) is 5.33. The van der Waals surface area contributed by atoms with Crippen molar-refractivity contribution in [3.05, 3.63) is 33.1 Å². The summed E-state index contributed by atoms with van der Waals surface area (Å²) in [5.74, 6) is 0.295. The third kappa shape index (κ3) is 4.58. The van der Waals surface area contributed by atoms with Crippen LogP contribution in [-0.4, -0.2) is 41.9 Å². The highest BCUT2D eigenvalue weighted by Gasteiger charge is 2.31. The fourth-order valence-electron chi connectivity index (χ4n) is 2.10. The summed E-state index contributed by atoms with van der Waals surface area (Å²) in [5, 5.41) is 0. The van der Waals surface area contributed by atoms with E-state index in [1.165, 1.54) is 23.8 Å². The predicted molar refractivity (Wildman–Crippen MR) is 102 cm³/mol. The van der Waals surface area contributed by atoms with Crippen LogP contribution in [0.3, 0.4) is 0 Å². The van der Waals surface area contributed by atoms with Crippen molar-refractivity contribution in [1.82, 2.24) is 4.90 Å². The zero-order valence-corrected chi connectivity index (χ0v) is 16.4. The first-order chi connectivity index (χ1) is 11.5. The molecule has 8 heteroatoms. The molecule has 1 heterocycles. The minimum absolute atomic E-state index is 0.137. The van der Waals surface area contributed by atoms with Gasteiger partial charge in [-0.05, 0) is 46.1 Å². The van der Waals surface area contributed by atoms with Crippen LogP contribution in [0, 0.1) is 0 Å². The van der Waals surface area contributed by atoms with Gasteiger partial charge in [-0.2, -0.15) is 0 Å². The van der Waals surface area contributed by atoms with Crippen molar-refractivity contribution in [3.8, 4) is 5.75 Å². The van der Waals surface area contributed by atoms with Crippen molar-refractivity contribution in [1.29, 1.82) is 0 Å². The lowest BCUT2D eigenvalue weighted by Crippen LogP contribution is -2.29. The van der Waals surface area contributed by atoms with E-state index in [0.29, 0.717) is 22.2 Å². The minimum atomic E-state index is -0.293. The first-order valence-electron chi connectivity index (χ1n) is 7.12. The summed E-state index contributed by atoms with van der Waals surface area (Å²) in [6, 6.07) is 5.57. The molecule has 0 unspecified atom stereocenters. The average Bonchev–Trinajstić information content (AvgIpc) is 2.82. The van der Waals surface area contributed by atoms with Crippen molar-refractivity contribution in [2.24, 2.45) is 0 Å². The van der Waals surface area contributed by atoms with Crippen molar-refractivity contribution < 1.29 is 19.1 Å². The molecule has 1 fully saturated rings. The van der Waals surface area contributed by atoms with E-state index in [4.69, 9.17) is 17.0 Å². The molecule has 1 aliphatic heterocycles. The van der Waals surface area contributed by atoms with Gasteiger partial charge in [-0.1, -0.05) is 30.0 Å². The van der Waals surface area contributed by atoms with Crippen LogP contribution < -0.4 is 4.74 Å². The summed E-state index contributed by atoms with van der Waals surface area (Å²) in [7, 11) is 2.94. The summed E-state index contributed by atoms with van der Waals surface area (Å²) in [4.78, 5) is 25.7. The van der Waals surface area contributed by atoms with Gasteiger partial charge in [-0.3, -0.25) is 14.5 Å². The van der Waals surface area contributed by atoms with E-state index in [1.807, 2.05) is 18.2 Å². The van der Waals surface area contributed by atoms with Gasteiger partial charge in [0, 0.05) is 13.0 Å². The number of esters is 1. The standard InChI is InChI=1S/C16H16BrNO4S2/c1-21-12-6-5-10(8-11(12)17)9-13-15(20)18(16(23)24-13)7-3-4-14(19)22-2/h5-6,8-9H,3-4,7H2,1-2H3/b13-9-. The Bertz CT molecular complexity index is 705. The van der Waals surface area contributed by atoms with Gasteiger partial charge in [0.1, 0.15) is 10.1 Å². The topological polar surface area (TPSA) is 55.8 Å². The Hall–Kier alpha value is -1.38. The van der Waals surface area contributed by atoms with Crippen LogP contribution >= 0.6 is 39.9 Å². The lowest BCUT2D eigenvalue weighted by Gasteiger charge is -2.13. The van der Waals surface area contributed by atoms with Crippen LogP contribution in [0.4, 0.5) is 0 Å². The number of thiocarbonyl (C=S) groups is 1. The van der Waals surface area contributed by atoms with Crippen LogP contribution in [0.15, 0.2) is 27.6 Å². The SMILES string of the molecule is COC(=O)CCCN1C(=O)/C(=C/c2ccc(OC)c(Br)c2)SC1=S. The molecule has 0 atom stereocenters. The van der Waals surface area contributed by atoms with Gasteiger partial charge >= 0.3 is 5.97 Å². The number of amides is 1. The minimum Gasteiger partial charge on any atom is -0.496 e. The maximum Gasteiger partial charge on any atom is 0.305 e. The van der Waals surface area contributed by atoms with Gasteiger partial charge in [0.2, 0.25) is 0 Å². The second-order valence-electron chi connectivity index (χ2n) is 4.91. The summed E-state index contributed by atoms with van der Waals surface area (Å²) >= 11 is 9.95. The molecule has 0 bridgehead atoms. The molecule has 1 aliphatic rings. The molecule has 1 saturated heterocycles. The number of thioether (sulfide) groups is 1. The van der Waals surface area contributed by atoms with Gasteiger partial charge < -0.3 is 9.47 Å². The Morgan fingerprint density at radius 2 is 2.17 bits per heavy atom. The van der Waals surface area contributed by atoms with Gasteiger partial charge in [-0.25, -0.2) is 0 Å². The molecular formula is C16H16BrNO4S2. The number of methoxy groups -OCH3 is 2. The van der Waals surface area contributed by atoms with Crippen molar-refractivity contribution in [2.75, 3.05) is 20.8 Å². The molecule has 0 spiro atoms. The van der Waals surface area contributed by atoms with Gasteiger partial charge in [0.15, 0.2) is 0 Å². The van der Waals surface area contributed by atoms with E-state index < -0.39 is 0 Å². The second kappa shape index (κ2) is 8.64. The van der Waals surface area contributed by atoms with Crippen molar-refractivity contribution >= 4 is 62.2 Å². The number of benzene rings is 1. The number of carbonyl (C=O) groups excluding carboxylic acids is 2. The van der Waals surface area contributed by atoms with Gasteiger partial charge in [0.05, 0.1) is 23.6 Å². The maximum atomic E-state index is 12.5. The molecule has 0 saturated carbocycles. The number of ether oxygens (including phenoxy) is 2. The normalized spacial score (nSPS) is 16.0. The Morgan fingerprint density at radius 1 is 1.42 bits per heavy atom. The highest BCUT2D eigenvalue weighted by molar-refractivity contribution is 9.10. The van der Waals surface area contributed by atoms with E-state index in [2.05, 4.69) is 20.7 Å². The molecule has 0 N–H and O–H groups in total. The quantitative estimate of drug-likeness (QED) is 0.391. The smallest absolute Gasteiger partial charge is 0.305 e. The zero-order valence-electron chi connectivity index (χ0n) is 13.2.